The van der Waals surface area contributed by atoms with Crippen molar-refractivity contribution in [1.82, 2.24) is 9.97 Å². The molecule has 2 heterocycles. The second-order valence-corrected chi connectivity index (χ2v) is 11.9. The molecular weight excluding hydrogens is 581 g/mol. The molecule has 0 saturated heterocycles. The summed E-state index contributed by atoms with van der Waals surface area (Å²) >= 11 is 0. The van der Waals surface area contributed by atoms with Crippen molar-refractivity contribution in [2.24, 2.45) is 0 Å². The van der Waals surface area contributed by atoms with Crippen LogP contribution >= 0.6 is 0 Å². The highest BCUT2D eigenvalue weighted by atomic mass is 14.7. The Kier molecular flexibility index (Phi) is 8.47. The molecule has 2 nitrogen and oxygen atoms in total. The lowest BCUT2D eigenvalue weighted by Crippen LogP contribution is -1.95. The third kappa shape index (κ3) is 6.04. The van der Waals surface area contributed by atoms with Gasteiger partial charge >= 0.3 is 0 Å². The molecule has 0 aliphatic heterocycles. The Morgan fingerprint density at radius 3 is 1.27 bits per heavy atom. The largest absolute Gasteiger partial charge is 0.248 e. The minimum atomic E-state index is 0.890. The van der Waals surface area contributed by atoms with Crippen LogP contribution in [-0.2, 0) is 0 Å². The molecule has 0 bridgehead atoms. The number of nitrogens with zero attached hydrogens (tertiary/aromatic N) is 2. The molecule has 48 heavy (non-hydrogen) atoms. The molecule has 0 aliphatic rings. The molecule has 2 aromatic heterocycles. The fourth-order valence-corrected chi connectivity index (χ4v) is 6.30. The minimum Gasteiger partial charge on any atom is -0.248 e. The predicted molar refractivity (Wildman–Crippen MR) is 206 cm³/mol. The van der Waals surface area contributed by atoms with Gasteiger partial charge in [-0.05, 0) is 111 Å². The van der Waals surface area contributed by atoms with Crippen molar-refractivity contribution in [3.8, 4) is 44.8 Å². The highest BCUT2D eigenvalue weighted by Crippen LogP contribution is 2.34. The molecule has 230 valence electrons. The van der Waals surface area contributed by atoms with E-state index in [4.69, 9.17) is 9.97 Å². The van der Waals surface area contributed by atoms with Crippen LogP contribution < -0.4 is 0 Å². The Morgan fingerprint density at radius 2 is 0.854 bits per heavy atom. The minimum absolute atomic E-state index is 0.890. The summed E-state index contributed by atoms with van der Waals surface area (Å²) in [6.45, 7) is 12.2. The van der Waals surface area contributed by atoms with Crippen LogP contribution in [0.15, 0.2) is 171 Å². The van der Waals surface area contributed by atoms with Crippen LogP contribution in [0.1, 0.15) is 25.2 Å². The fraction of sp³-hybridized carbons (Fsp3) is 0.0435. The Hall–Kier alpha value is -6.12. The lowest BCUT2D eigenvalue weighted by molar-refractivity contribution is 1.27. The molecule has 2 heteroatoms. The SMILES string of the molecule is C=C/C(=C\C)c1cc(-c2ccc3ccccc3c2)cc(-c2cccc(-c3cc(-c4ccc5ccccc5c4)cc(/C(C=C)=C/C)n3)c2)n1. The summed E-state index contributed by atoms with van der Waals surface area (Å²) < 4.78 is 0. The zero-order chi connectivity index (χ0) is 33.0. The van der Waals surface area contributed by atoms with Crippen molar-refractivity contribution in [3.63, 3.8) is 0 Å². The summed E-state index contributed by atoms with van der Waals surface area (Å²) in [5.41, 5.74) is 12.1. The van der Waals surface area contributed by atoms with E-state index in [-0.39, 0.29) is 0 Å². The molecule has 0 saturated carbocycles. The van der Waals surface area contributed by atoms with Crippen molar-refractivity contribution in [2.45, 2.75) is 13.8 Å². The highest BCUT2D eigenvalue weighted by molar-refractivity contribution is 5.90. The van der Waals surface area contributed by atoms with E-state index in [1.165, 1.54) is 21.5 Å². The van der Waals surface area contributed by atoms with E-state index in [2.05, 4.69) is 159 Å². The third-order valence-electron chi connectivity index (χ3n) is 8.92. The second-order valence-electron chi connectivity index (χ2n) is 11.9. The van der Waals surface area contributed by atoms with Gasteiger partial charge in [0.1, 0.15) is 0 Å². The average Bonchev–Trinajstić information content (AvgIpc) is 3.15. The molecule has 0 spiro atoms. The lowest BCUT2D eigenvalue weighted by Gasteiger charge is -2.13. The first kappa shape index (κ1) is 30.5. The molecule has 0 unspecified atom stereocenters. The molecular formula is C46H36N2. The highest BCUT2D eigenvalue weighted by Gasteiger charge is 2.13. The Labute approximate surface area is 282 Å². The van der Waals surface area contributed by atoms with Gasteiger partial charge in [-0.15, -0.1) is 0 Å². The Bertz CT molecular complexity index is 2240. The maximum Gasteiger partial charge on any atom is 0.0715 e. The van der Waals surface area contributed by atoms with Crippen LogP contribution in [0.25, 0.3) is 77.5 Å². The van der Waals surface area contributed by atoms with Gasteiger partial charge in [0.2, 0.25) is 0 Å². The Morgan fingerprint density at radius 1 is 0.417 bits per heavy atom. The van der Waals surface area contributed by atoms with Crippen LogP contribution in [0.5, 0.6) is 0 Å². The van der Waals surface area contributed by atoms with Crippen LogP contribution in [0.4, 0.5) is 0 Å². The molecule has 5 aromatic carbocycles. The zero-order valence-corrected chi connectivity index (χ0v) is 27.3. The number of aromatic nitrogens is 2. The number of benzene rings is 5. The summed E-state index contributed by atoms with van der Waals surface area (Å²) in [6, 6.07) is 47.4. The van der Waals surface area contributed by atoms with E-state index in [1.807, 2.05) is 26.0 Å². The van der Waals surface area contributed by atoms with Crippen LogP contribution in [-0.4, -0.2) is 9.97 Å². The quantitative estimate of drug-likeness (QED) is 0.159. The predicted octanol–water partition coefficient (Wildman–Crippen LogP) is 12.6. The van der Waals surface area contributed by atoms with Gasteiger partial charge in [0.05, 0.1) is 22.8 Å². The number of pyridine rings is 2. The molecule has 0 amide bonds. The molecule has 0 radical (unpaired) electrons. The van der Waals surface area contributed by atoms with Gasteiger partial charge in [-0.2, -0.15) is 0 Å². The second kappa shape index (κ2) is 13.3. The van der Waals surface area contributed by atoms with E-state index in [0.29, 0.717) is 0 Å². The van der Waals surface area contributed by atoms with E-state index in [1.54, 1.807) is 0 Å². The molecule has 7 aromatic rings. The maximum atomic E-state index is 5.15. The summed E-state index contributed by atoms with van der Waals surface area (Å²) in [4.78, 5) is 10.3. The number of hydrogen-bond acceptors (Lipinski definition) is 2. The first-order chi connectivity index (χ1) is 23.6. The van der Waals surface area contributed by atoms with Crippen molar-refractivity contribution >= 4 is 32.7 Å². The normalized spacial score (nSPS) is 12.0. The first-order valence-corrected chi connectivity index (χ1v) is 16.3. The van der Waals surface area contributed by atoms with Gasteiger partial charge in [-0.25, -0.2) is 9.97 Å². The van der Waals surface area contributed by atoms with Crippen molar-refractivity contribution in [1.29, 1.82) is 0 Å². The van der Waals surface area contributed by atoms with Gasteiger partial charge in [0.25, 0.3) is 0 Å². The van der Waals surface area contributed by atoms with Crippen molar-refractivity contribution < 1.29 is 0 Å². The number of allylic oxidation sites excluding steroid dienone is 6. The van der Waals surface area contributed by atoms with Gasteiger partial charge in [-0.1, -0.05) is 128 Å². The molecule has 0 N–H and O–H groups in total. The Balaban J connectivity index is 1.37. The summed E-state index contributed by atoms with van der Waals surface area (Å²) in [7, 11) is 0. The first-order valence-electron chi connectivity index (χ1n) is 16.3. The van der Waals surface area contributed by atoms with Crippen molar-refractivity contribution in [3.05, 3.63) is 182 Å². The third-order valence-corrected chi connectivity index (χ3v) is 8.92. The van der Waals surface area contributed by atoms with E-state index in [9.17, 15) is 0 Å². The molecule has 7 rings (SSSR count). The van der Waals surface area contributed by atoms with Crippen LogP contribution in [0.2, 0.25) is 0 Å². The number of fused-ring (bicyclic) bond motifs is 2. The van der Waals surface area contributed by atoms with Crippen LogP contribution in [0, 0.1) is 0 Å². The maximum absolute atomic E-state index is 5.15. The van der Waals surface area contributed by atoms with Crippen molar-refractivity contribution in [2.75, 3.05) is 0 Å². The lowest BCUT2D eigenvalue weighted by atomic mass is 9.96. The summed E-state index contributed by atoms with van der Waals surface area (Å²) in [5.74, 6) is 0. The monoisotopic (exact) mass is 616 g/mol. The summed E-state index contributed by atoms with van der Waals surface area (Å²) in [6.07, 6.45) is 7.85. The topological polar surface area (TPSA) is 25.8 Å². The molecule has 0 atom stereocenters. The van der Waals surface area contributed by atoms with E-state index >= 15 is 0 Å². The average molecular weight is 617 g/mol. The zero-order valence-electron chi connectivity index (χ0n) is 27.3. The fourth-order valence-electron chi connectivity index (χ4n) is 6.30. The van der Waals surface area contributed by atoms with Gasteiger partial charge < -0.3 is 0 Å². The number of rotatable bonds is 8. The number of hydrogen-bond donors (Lipinski definition) is 0. The standard InChI is InChI=1S/C46H36N2/c1-5-31(6-2)43-27-41(37-22-20-33-14-9-11-16-35(33)24-37)29-45(47-43)39-18-13-19-40(26-39)46-30-42(28-44(48-46)32(7-3)8-4)38-23-21-34-15-10-12-17-36(34)25-38/h5-30H,1,3H2,2,4H3/b31-6+,32-8+. The smallest absolute Gasteiger partial charge is 0.0715 e. The van der Waals surface area contributed by atoms with Gasteiger partial charge in [0, 0.05) is 11.1 Å². The van der Waals surface area contributed by atoms with E-state index in [0.717, 1.165) is 67.3 Å². The van der Waals surface area contributed by atoms with E-state index < -0.39 is 0 Å². The van der Waals surface area contributed by atoms with Crippen LogP contribution in [0.3, 0.4) is 0 Å². The molecule has 0 aliphatic carbocycles. The van der Waals surface area contributed by atoms with Gasteiger partial charge in [0.15, 0.2) is 0 Å². The molecule has 0 fully saturated rings. The van der Waals surface area contributed by atoms with Gasteiger partial charge in [-0.3, -0.25) is 0 Å². The summed E-state index contributed by atoms with van der Waals surface area (Å²) in [5, 5.41) is 4.86.